The maximum Gasteiger partial charge on any atom is 0.242 e. The normalized spacial score (nSPS) is 23.3. The Morgan fingerprint density at radius 3 is 2.42 bits per heavy atom. The lowest BCUT2D eigenvalue weighted by atomic mass is 9.66. The van der Waals surface area contributed by atoms with Gasteiger partial charge in [0.1, 0.15) is 12.3 Å². The molecule has 1 fully saturated rings. The zero-order valence-corrected chi connectivity index (χ0v) is 20.3. The number of nitrogens with two attached hydrogens (primary N) is 1. The number of rotatable bonds is 8. The van der Waals surface area contributed by atoms with Crippen molar-refractivity contribution in [2.45, 2.75) is 44.9 Å². The van der Waals surface area contributed by atoms with Gasteiger partial charge in [-0.15, -0.1) is 0 Å². The third kappa shape index (κ3) is 5.64. The predicted octanol–water partition coefficient (Wildman–Crippen LogP) is 3.28. The lowest BCUT2D eigenvalue weighted by Gasteiger charge is -2.51. The van der Waals surface area contributed by atoms with Crippen LogP contribution in [0, 0.1) is 11.3 Å². The van der Waals surface area contributed by atoms with Crippen LogP contribution in [0.2, 0.25) is 5.02 Å². The van der Waals surface area contributed by atoms with E-state index in [1.807, 2.05) is 37.3 Å². The Hall–Kier alpha value is -2.25. The minimum absolute atomic E-state index is 0.119. The van der Waals surface area contributed by atoms with E-state index < -0.39 is 23.1 Å². The van der Waals surface area contributed by atoms with Gasteiger partial charge in [-0.25, -0.2) is 0 Å². The highest BCUT2D eigenvalue weighted by molar-refractivity contribution is 6.30. The van der Waals surface area contributed by atoms with Gasteiger partial charge in [0.2, 0.25) is 5.91 Å². The van der Waals surface area contributed by atoms with E-state index in [9.17, 15) is 14.7 Å². The summed E-state index contributed by atoms with van der Waals surface area (Å²) in [6.45, 7) is 7.99. The molecule has 1 amide bonds. The first kappa shape index (κ1) is 25.4. The Bertz CT molecular complexity index is 951. The van der Waals surface area contributed by atoms with Gasteiger partial charge < -0.3 is 25.9 Å². The molecule has 0 bridgehead atoms. The van der Waals surface area contributed by atoms with Crippen molar-refractivity contribution in [1.29, 1.82) is 0 Å². The molecule has 0 saturated carbocycles. The smallest absolute Gasteiger partial charge is 0.242 e. The minimum atomic E-state index is -0.974. The molecule has 3 rings (SSSR count). The molecule has 7 heteroatoms. The number of piperidine rings is 1. The Labute approximate surface area is 201 Å². The average molecular weight is 472 g/mol. The summed E-state index contributed by atoms with van der Waals surface area (Å²) in [5, 5.41) is 15.0. The van der Waals surface area contributed by atoms with Crippen LogP contribution in [0.5, 0.6) is 0 Å². The monoisotopic (exact) mass is 471 g/mol. The molecule has 1 saturated heterocycles. The summed E-state index contributed by atoms with van der Waals surface area (Å²) in [4.78, 5) is 26.7. The summed E-state index contributed by atoms with van der Waals surface area (Å²) in [6, 6.07) is 15.0. The van der Waals surface area contributed by atoms with Crippen molar-refractivity contribution in [3.05, 3.63) is 70.7 Å². The highest BCUT2D eigenvalue weighted by Crippen LogP contribution is 2.46. The highest BCUT2D eigenvalue weighted by atomic mass is 35.5. The summed E-state index contributed by atoms with van der Waals surface area (Å²) in [7, 11) is 0. The number of benzene rings is 2. The summed E-state index contributed by atoms with van der Waals surface area (Å²) in [6.07, 6.45) is 1.34. The second kappa shape index (κ2) is 10.3. The number of nitrogens with one attached hydrogen (secondary N) is 1. The van der Waals surface area contributed by atoms with Gasteiger partial charge in [0.25, 0.3) is 0 Å². The number of halogens is 1. The van der Waals surface area contributed by atoms with Gasteiger partial charge in [-0.3, -0.25) is 4.79 Å². The van der Waals surface area contributed by atoms with Crippen molar-refractivity contribution >= 4 is 23.8 Å². The molecule has 1 unspecified atom stereocenters. The summed E-state index contributed by atoms with van der Waals surface area (Å²) in [5.41, 5.74) is 6.24. The van der Waals surface area contributed by atoms with Crippen LogP contribution in [0.25, 0.3) is 0 Å². The molecule has 33 heavy (non-hydrogen) atoms. The van der Waals surface area contributed by atoms with E-state index in [-0.39, 0.29) is 11.8 Å². The number of aldehydes is 1. The molecule has 0 aliphatic carbocycles. The number of nitrogens with zero attached hydrogens (tertiary/aromatic N) is 1. The van der Waals surface area contributed by atoms with Crippen LogP contribution in [0.3, 0.4) is 0 Å². The van der Waals surface area contributed by atoms with Crippen molar-refractivity contribution in [3.63, 3.8) is 0 Å². The van der Waals surface area contributed by atoms with E-state index in [2.05, 4.69) is 24.1 Å². The molecule has 0 radical (unpaired) electrons. The van der Waals surface area contributed by atoms with Gasteiger partial charge in [0.05, 0.1) is 11.6 Å². The lowest BCUT2D eigenvalue weighted by molar-refractivity contribution is -0.130. The largest absolute Gasteiger partial charge is 0.385 e. The van der Waals surface area contributed by atoms with E-state index in [4.69, 9.17) is 17.3 Å². The van der Waals surface area contributed by atoms with Crippen LogP contribution in [-0.2, 0) is 15.2 Å². The van der Waals surface area contributed by atoms with E-state index in [0.29, 0.717) is 36.6 Å². The Morgan fingerprint density at radius 2 is 1.85 bits per heavy atom. The quantitative estimate of drug-likeness (QED) is 0.513. The van der Waals surface area contributed by atoms with Crippen LogP contribution >= 0.6 is 11.6 Å². The Morgan fingerprint density at radius 1 is 1.21 bits per heavy atom. The van der Waals surface area contributed by atoms with E-state index in [0.717, 1.165) is 11.8 Å². The molecule has 0 aromatic heterocycles. The van der Waals surface area contributed by atoms with Crippen molar-refractivity contribution in [3.8, 4) is 0 Å². The van der Waals surface area contributed by atoms with Gasteiger partial charge in [-0.2, -0.15) is 0 Å². The standard InChI is InChI=1S/C26H34ClN3O3/c1-18(22(16-31)29-24(32)23(28)19-7-5-4-6-8-19)15-30-14-13-26(33,25(2,3)17-30)20-9-11-21(27)12-10-20/h4-12,16,18,22-23,33H,13-15,17,28H2,1-3H3,(H,29,32)/t18-,22?,23+,26-/m0/s1. The SMILES string of the molecule is C[C@@H](CN1CC[C@](O)(c2ccc(Cl)cc2)C(C)(C)C1)C(C=O)NC(=O)[C@H](N)c1ccccc1. The molecular formula is C26H34ClN3O3. The predicted molar refractivity (Wildman–Crippen MR) is 131 cm³/mol. The molecule has 4 N–H and O–H groups in total. The average Bonchev–Trinajstić information content (AvgIpc) is 2.80. The zero-order chi connectivity index (χ0) is 24.2. The number of hydrogen-bond acceptors (Lipinski definition) is 5. The molecule has 1 heterocycles. The van der Waals surface area contributed by atoms with Gasteiger partial charge in [0.15, 0.2) is 0 Å². The molecule has 178 valence electrons. The number of amides is 1. The molecule has 1 aliphatic heterocycles. The Kier molecular flexibility index (Phi) is 7.96. The van der Waals surface area contributed by atoms with Gasteiger partial charge >= 0.3 is 0 Å². The van der Waals surface area contributed by atoms with E-state index in [1.165, 1.54) is 0 Å². The summed E-state index contributed by atoms with van der Waals surface area (Å²) >= 11 is 6.03. The maximum atomic E-state index is 12.6. The fourth-order valence-corrected chi connectivity index (χ4v) is 4.87. The second-order valence-corrected chi connectivity index (χ2v) is 10.2. The van der Waals surface area contributed by atoms with Crippen LogP contribution in [-0.4, -0.2) is 47.9 Å². The van der Waals surface area contributed by atoms with E-state index in [1.54, 1.807) is 24.3 Å². The number of likely N-dealkylation sites (tertiary alicyclic amines) is 1. The van der Waals surface area contributed by atoms with Crippen LogP contribution < -0.4 is 11.1 Å². The number of carbonyl (C=O) groups is 2. The second-order valence-electron chi connectivity index (χ2n) is 9.77. The van der Waals surface area contributed by atoms with E-state index >= 15 is 0 Å². The van der Waals surface area contributed by atoms with Crippen LogP contribution in [0.4, 0.5) is 0 Å². The first-order valence-corrected chi connectivity index (χ1v) is 11.7. The number of hydrogen-bond donors (Lipinski definition) is 3. The summed E-state index contributed by atoms with van der Waals surface area (Å²) in [5.74, 6) is -0.492. The topological polar surface area (TPSA) is 95.7 Å². The number of aliphatic hydroxyl groups is 1. The van der Waals surface area contributed by atoms with Crippen molar-refractivity contribution in [2.24, 2.45) is 17.1 Å². The van der Waals surface area contributed by atoms with Gasteiger partial charge in [-0.05, 0) is 35.6 Å². The molecule has 4 atom stereocenters. The first-order chi connectivity index (χ1) is 15.6. The molecule has 2 aromatic carbocycles. The van der Waals surface area contributed by atoms with Gasteiger partial charge in [0, 0.05) is 30.1 Å². The van der Waals surface area contributed by atoms with Crippen molar-refractivity contribution in [2.75, 3.05) is 19.6 Å². The van der Waals surface area contributed by atoms with Gasteiger partial charge in [-0.1, -0.05) is 74.8 Å². The fourth-order valence-electron chi connectivity index (χ4n) is 4.74. The van der Waals surface area contributed by atoms with Crippen molar-refractivity contribution < 1.29 is 14.7 Å². The zero-order valence-electron chi connectivity index (χ0n) is 19.5. The Balaban J connectivity index is 1.62. The molecular weight excluding hydrogens is 438 g/mol. The summed E-state index contributed by atoms with van der Waals surface area (Å²) < 4.78 is 0. The van der Waals surface area contributed by atoms with Crippen LogP contribution in [0.15, 0.2) is 54.6 Å². The molecule has 0 spiro atoms. The highest BCUT2D eigenvalue weighted by Gasteiger charge is 2.48. The molecule has 2 aromatic rings. The third-order valence-corrected chi connectivity index (χ3v) is 7.16. The lowest BCUT2D eigenvalue weighted by Crippen LogP contribution is -2.57. The van der Waals surface area contributed by atoms with Crippen LogP contribution in [0.1, 0.15) is 44.4 Å². The number of carbonyl (C=O) groups excluding carboxylic acids is 2. The molecule has 6 nitrogen and oxygen atoms in total. The van der Waals surface area contributed by atoms with Crippen molar-refractivity contribution in [1.82, 2.24) is 10.2 Å². The minimum Gasteiger partial charge on any atom is -0.385 e. The maximum absolute atomic E-state index is 12.6. The molecule has 1 aliphatic rings. The third-order valence-electron chi connectivity index (χ3n) is 6.91. The fraction of sp³-hybridized carbons (Fsp3) is 0.462. The first-order valence-electron chi connectivity index (χ1n) is 11.3.